The molecule has 1 aromatic carbocycles. The lowest BCUT2D eigenvalue weighted by atomic mass is 10.1. The Balaban J connectivity index is 1.75. The van der Waals surface area contributed by atoms with Gasteiger partial charge in [-0.05, 0) is 37.6 Å². The van der Waals surface area contributed by atoms with Crippen LogP contribution in [0.1, 0.15) is 28.5 Å². The van der Waals surface area contributed by atoms with E-state index < -0.39 is 0 Å². The van der Waals surface area contributed by atoms with Gasteiger partial charge in [0.25, 0.3) is 5.91 Å². The minimum absolute atomic E-state index is 0.0952. The van der Waals surface area contributed by atoms with Crippen molar-refractivity contribution in [3.63, 3.8) is 0 Å². The molecule has 2 aromatic heterocycles. The fourth-order valence-corrected chi connectivity index (χ4v) is 2.52. The number of aromatic nitrogens is 2. The highest BCUT2D eigenvalue weighted by Gasteiger charge is 2.14. The number of nitrogens with zero attached hydrogens (tertiary/aromatic N) is 2. The number of para-hydroxylation sites is 1. The molecule has 0 fully saturated rings. The normalized spacial score (nSPS) is 12.1. The molecule has 0 aliphatic rings. The maximum Gasteiger partial charge on any atom is 0.255 e. The van der Waals surface area contributed by atoms with Crippen molar-refractivity contribution >= 4 is 11.6 Å². The van der Waals surface area contributed by atoms with Crippen molar-refractivity contribution < 1.29 is 9.53 Å². The molecule has 0 unspecified atom stereocenters. The third-order valence-corrected chi connectivity index (χ3v) is 3.89. The molecule has 130 valence electrons. The van der Waals surface area contributed by atoms with Crippen LogP contribution in [0.5, 0.6) is 5.75 Å². The first-order valence-electron chi connectivity index (χ1n) is 8.24. The maximum absolute atomic E-state index is 12.4. The molecule has 0 saturated carbocycles. The summed E-state index contributed by atoms with van der Waals surface area (Å²) in [5.74, 6) is 0.330. The Morgan fingerprint density at radius 1 is 1.28 bits per heavy atom. The maximum atomic E-state index is 12.4. The molecule has 25 heavy (non-hydrogen) atoms. The number of rotatable bonds is 6. The van der Waals surface area contributed by atoms with E-state index in [-0.39, 0.29) is 18.6 Å². The number of hydrogen-bond acceptors (Lipinski definition) is 4. The lowest BCUT2D eigenvalue weighted by molar-refractivity contribution is 0.0936. The Hall–Kier alpha value is -2.86. The number of pyridine rings is 1. The second-order valence-electron chi connectivity index (χ2n) is 6.10. The zero-order valence-corrected chi connectivity index (χ0v) is 14.4. The number of fused-ring (bicyclic) bond motifs is 1. The summed E-state index contributed by atoms with van der Waals surface area (Å²) in [5, 5.41) is 2.85. The molecule has 3 N–H and O–H groups in total. The van der Waals surface area contributed by atoms with Gasteiger partial charge in [0.2, 0.25) is 0 Å². The van der Waals surface area contributed by atoms with Gasteiger partial charge in [0, 0.05) is 25.0 Å². The molecule has 2 heterocycles. The van der Waals surface area contributed by atoms with Crippen molar-refractivity contribution in [1.29, 1.82) is 0 Å². The van der Waals surface area contributed by atoms with Gasteiger partial charge in [-0.15, -0.1) is 0 Å². The molecule has 0 spiro atoms. The number of nitrogens with two attached hydrogens (primary N) is 1. The summed E-state index contributed by atoms with van der Waals surface area (Å²) in [4.78, 5) is 16.9. The SMILES string of the molecule is Cc1ccc2nc(COc3ccccc3C(=O)N[C@@H](C)CN)cn2c1. The van der Waals surface area contributed by atoms with Gasteiger partial charge in [-0.3, -0.25) is 4.79 Å². The van der Waals surface area contributed by atoms with Crippen LogP contribution in [0.15, 0.2) is 48.8 Å². The summed E-state index contributed by atoms with van der Waals surface area (Å²) in [7, 11) is 0. The predicted octanol–water partition coefficient (Wildman–Crippen LogP) is 2.30. The van der Waals surface area contributed by atoms with Gasteiger partial charge in [-0.2, -0.15) is 0 Å². The average molecular weight is 338 g/mol. The second-order valence-corrected chi connectivity index (χ2v) is 6.10. The van der Waals surface area contributed by atoms with Crippen molar-refractivity contribution in [2.45, 2.75) is 26.5 Å². The Kier molecular flexibility index (Phi) is 5.00. The lowest BCUT2D eigenvalue weighted by Gasteiger charge is -2.14. The van der Waals surface area contributed by atoms with E-state index >= 15 is 0 Å². The molecule has 0 radical (unpaired) electrons. The number of aryl methyl sites for hydroxylation is 1. The van der Waals surface area contributed by atoms with Gasteiger partial charge in [0.15, 0.2) is 0 Å². The first-order valence-corrected chi connectivity index (χ1v) is 8.24. The van der Waals surface area contributed by atoms with Crippen molar-refractivity contribution in [2.24, 2.45) is 5.73 Å². The highest BCUT2D eigenvalue weighted by atomic mass is 16.5. The first-order chi connectivity index (χ1) is 12.1. The Bertz CT molecular complexity index is 888. The number of amides is 1. The van der Waals surface area contributed by atoms with Crippen LogP contribution in [-0.4, -0.2) is 27.9 Å². The number of imidazole rings is 1. The largest absolute Gasteiger partial charge is 0.486 e. The van der Waals surface area contributed by atoms with Gasteiger partial charge in [-0.25, -0.2) is 4.98 Å². The second kappa shape index (κ2) is 7.36. The van der Waals surface area contributed by atoms with E-state index in [1.165, 1.54) is 0 Å². The van der Waals surface area contributed by atoms with Crippen LogP contribution in [0.25, 0.3) is 5.65 Å². The molecular weight excluding hydrogens is 316 g/mol. The number of ether oxygens (including phenoxy) is 1. The fourth-order valence-electron chi connectivity index (χ4n) is 2.52. The number of benzene rings is 1. The highest BCUT2D eigenvalue weighted by Crippen LogP contribution is 2.19. The van der Waals surface area contributed by atoms with Crippen LogP contribution in [0.2, 0.25) is 0 Å². The summed E-state index contributed by atoms with van der Waals surface area (Å²) in [6.07, 6.45) is 3.95. The van der Waals surface area contributed by atoms with Crippen LogP contribution in [0.4, 0.5) is 0 Å². The topological polar surface area (TPSA) is 81.6 Å². The number of carbonyl (C=O) groups excluding carboxylic acids is 1. The minimum Gasteiger partial charge on any atom is -0.486 e. The zero-order chi connectivity index (χ0) is 17.8. The summed E-state index contributed by atoms with van der Waals surface area (Å²) in [6.45, 7) is 4.57. The molecule has 0 aliphatic heterocycles. The molecular formula is C19H22N4O2. The van der Waals surface area contributed by atoms with Crippen molar-refractivity contribution in [1.82, 2.24) is 14.7 Å². The summed E-state index contributed by atoms with van der Waals surface area (Å²) < 4.78 is 7.82. The van der Waals surface area contributed by atoms with Gasteiger partial charge < -0.3 is 20.2 Å². The van der Waals surface area contributed by atoms with Crippen molar-refractivity contribution in [2.75, 3.05) is 6.54 Å². The molecule has 0 aliphatic carbocycles. The Morgan fingerprint density at radius 3 is 2.88 bits per heavy atom. The number of carbonyl (C=O) groups is 1. The van der Waals surface area contributed by atoms with E-state index in [0.29, 0.717) is 17.9 Å². The van der Waals surface area contributed by atoms with Crippen molar-refractivity contribution in [3.05, 3.63) is 65.6 Å². The van der Waals surface area contributed by atoms with E-state index in [1.54, 1.807) is 12.1 Å². The smallest absolute Gasteiger partial charge is 0.255 e. The molecule has 1 amide bonds. The molecule has 6 nitrogen and oxygen atoms in total. The van der Waals surface area contributed by atoms with Gasteiger partial charge in [0.1, 0.15) is 18.0 Å². The summed E-state index contributed by atoms with van der Waals surface area (Å²) in [5.41, 5.74) is 8.88. The van der Waals surface area contributed by atoms with E-state index in [2.05, 4.69) is 10.3 Å². The first kappa shape index (κ1) is 17.0. The van der Waals surface area contributed by atoms with Crippen molar-refractivity contribution in [3.8, 4) is 5.75 Å². The zero-order valence-electron chi connectivity index (χ0n) is 14.4. The molecule has 6 heteroatoms. The predicted molar refractivity (Wildman–Crippen MR) is 96.7 cm³/mol. The van der Waals surface area contributed by atoms with Crippen LogP contribution in [0, 0.1) is 6.92 Å². The third-order valence-electron chi connectivity index (χ3n) is 3.89. The van der Waals surface area contributed by atoms with Gasteiger partial charge in [0.05, 0.1) is 11.3 Å². The van der Waals surface area contributed by atoms with E-state index in [1.807, 2.05) is 54.9 Å². The lowest BCUT2D eigenvalue weighted by Crippen LogP contribution is -2.37. The van der Waals surface area contributed by atoms with E-state index in [9.17, 15) is 4.79 Å². The minimum atomic E-state index is -0.195. The Labute approximate surface area is 146 Å². The molecule has 1 atom stereocenters. The van der Waals surface area contributed by atoms with Crippen LogP contribution >= 0.6 is 0 Å². The molecule has 3 rings (SSSR count). The third kappa shape index (κ3) is 3.97. The Morgan fingerprint density at radius 2 is 2.08 bits per heavy atom. The molecule has 0 bridgehead atoms. The number of hydrogen-bond donors (Lipinski definition) is 2. The van der Waals surface area contributed by atoms with Gasteiger partial charge in [-0.1, -0.05) is 18.2 Å². The van der Waals surface area contributed by atoms with E-state index in [0.717, 1.165) is 16.9 Å². The molecule has 3 aromatic rings. The summed E-state index contributed by atoms with van der Waals surface area (Å²) >= 11 is 0. The van der Waals surface area contributed by atoms with Gasteiger partial charge >= 0.3 is 0 Å². The average Bonchev–Trinajstić information content (AvgIpc) is 3.02. The fraction of sp³-hybridized carbons (Fsp3) is 0.263. The summed E-state index contributed by atoms with van der Waals surface area (Å²) in [6, 6.07) is 11.1. The monoisotopic (exact) mass is 338 g/mol. The van der Waals surface area contributed by atoms with Crippen LogP contribution in [0.3, 0.4) is 0 Å². The quantitative estimate of drug-likeness (QED) is 0.722. The molecule has 0 saturated heterocycles. The standard InChI is InChI=1S/C19H22N4O2/c1-13-7-8-18-22-15(11-23(18)10-13)12-25-17-6-4-3-5-16(17)19(24)21-14(2)9-20/h3-8,10-11,14H,9,12,20H2,1-2H3,(H,21,24)/t14-/m0/s1. The van der Waals surface area contributed by atoms with Crippen LogP contribution < -0.4 is 15.8 Å². The highest BCUT2D eigenvalue weighted by molar-refractivity contribution is 5.97. The number of nitrogens with one attached hydrogen (secondary N) is 1. The van der Waals surface area contributed by atoms with Crippen LogP contribution in [-0.2, 0) is 6.61 Å². The van der Waals surface area contributed by atoms with E-state index in [4.69, 9.17) is 10.5 Å².